The van der Waals surface area contributed by atoms with Crippen molar-refractivity contribution in [3.05, 3.63) is 191 Å². The van der Waals surface area contributed by atoms with Gasteiger partial charge in [-0.05, 0) is 57.5 Å². The highest BCUT2D eigenvalue weighted by atomic mass is 16.7. The minimum atomic E-state index is -0.595. The average molecular weight is 789 g/mol. The fraction of sp³-hybridized carbons (Fsp3) is 0.240. The number of carbonyl (C=O) groups is 2. The molecule has 9 nitrogen and oxygen atoms in total. The van der Waals surface area contributed by atoms with Crippen LogP contribution >= 0.6 is 0 Å². The lowest BCUT2D eigenvalue weighted by Gasteiger charge is -2.38. The molecule has 0 saturated carbocycles. The molecule has 5 N–H and O–H groups in total. The van der Waals surface area contributed by atoms with Crippen LogP contribution in [0.4, 0.5) is 11.4 Å². The van der Waals surface area contributed by atoms with Crippen molar-refractivity contribution >= 4 is 23.2 Å². The van der Waals surface area contributed by atoms with Gasteiger partial charge in [-0.3, -0.25) is 14.5 Å². The monoisotopic (exact) mass is 788 g/mol. The van der Waals surface area contributed by atoms with Crippen molar-refractivity contribution < 1.29 is 24.2 Å². The van der Waals surface area contributed by atoms with Gasteiger partial charge in [-0.15, -0.1) is 0 Å². The van der Waals surface area contributed by atoms with Gasteiger partial charge in [0.1, 0.15) is 0 Å². The average Bonchev–Trinajstić information content (AvgIpc) is 3.27. The Morgan fingerprint density at radius 3 is 1.95 bits per heavy atom. The maximum atomic E-state index is 12.8. The smallest absolute Gasteiger partial charge is 0.224 e. The van der Waals surface area contributed by atoms with Gasteiger partial charge in [0.15, 0.2) is 6.29 Å². The Morgan fingerprint density at radius 2 is 1.27 bits per heavy atom. The van der Waals surface area contributed by atoms with Crippen LogP contribution in [0.25, 0.3) is 11.1 Å². The summed E-state index contributed by atoms with van der Waals surface area (Å²) in [4.78, 5) is 27.7. The number of carbonyl (C=O) groups excluding carboxylic acids is 2. The first-order chi connectivity index (χ1) is 28.9. The summed E-state index contributed by atoms with van der Waals surface area (Å²) in [5.74, 6) is -0.292. The zero-order chi connectivity index (χ0) is 40.8. The zero-order valence-corrected chi connectivity index (χ0v) is 33.2. The molecule has 0 bridgehead atoms. The molecule has 1 fully saturated rings. The molecule has 6 aromatic carbocycles. The van der Waals surface area contributed by atoms with E-state index in [1.807, 2.05) is 66.7 Å². The molecule has 0 unspecified atom stereocenters. The van der Waals surface area contributed by atoms with Crippen molar-refractivity contribution in [2.24, 2.45) is 0 Å². The van der Waals surface area contributed by atoms with Crippen LogP contribution in [0.3, 0.4) is 0 Å². The van der Waals surface area contributed by atoms with Gasteiger partial charge < -0.3 is 30.9 Å². The molecule has 1 saturated heterocycles. The Morgan fingerprint density at radius 1 is 0.661 bits per heavy atom. The van der Waals surface area contributed by atoms with E-state index in [1.165, 1.54) is 11.1 Å². The number of nitrogens with one attached hydrogen (secondary N) is 2. The van der Waals surface area contributed by atoms with Gasteiger partial charge in [0, 0.05) is 51.0 Å². The van der Waals surface area contributed by atoms with Crippen LogP contribution in [0.2, 0.25) is 0 Å². The van der Waals surface area contributed by atoms with Gasteiger partial charge >= 0.3 is 0 Å². The number of nitrogen functional groups attached to an aromatic ring is 1. The standard InChI is InChI=1S/C50H52N4O5/c51-45-18-9-10-19-46(45)53-49(57)21-11-20-48(56)52-31-42-16-7-8-17-44(42)39-26-28-41(29-27-39)50-58-43(30-47(59-50)40-24-22-38(35-55)23-25-40)34-54(32-36-12-3-1-4-13-36)33-37-14-5-2-6-15-37/h1-10,12-19,22-29,43,47,50,55H,11,20-21,30-35,51H2,(H,52,56)(H,53,57)/t43-,47+,50+/m1/s1. The Hall–Kier alpha value is -6.10. The summed E-state index contributed by atoms with van der Waals surface area (Å²) < 4.78 is 13.5. The van der Waals surface area contributed by atoms with Crippen molar-refractivity contribution in [2.75, 3.05) is 17.6 Å². The first kappa shape index (κ1) is 41.1. The second-order valence-electron chi connectivity index (χ2n) is 15.0. The Balaban J connectivity index is 1.02. The van der Waals surface area contributed by atoms with E-state index >= 15 is 0 Å². The fourth-order valence-corrected chi connectivity index (χ4v) is 7.48. The quantitative estimate of drug-likeness (QED) is 0.0680. The van der Waals surface area contributed by atoms with E-state index in [-0.39, 0.29) is 43.5 Å². The number of rotatable bonds is 17. The molecule has 1 aliphatic rings. The van der Waals surface area contributed by atoms with Gasteiger partial charge in [-0.25, -0.2) is 0 Å². The SMILES string of the molecule is Nc1ccccc1NC(=O)CCCC(=O)NCc1ccccc1-c1ccc([C@H]2O[C@@H](CN(Cc3ccccc3)Cc3ccccc3)C[C@@H](c3ccc(CO)cc3)O2)cc1. The molecule has 59 heavy (non-hydrogen) atoms. The van der Waals surface area contributed by atoms with Crippen molar-refractivity contribution in [3.8, 4) is 11.1 Å². The number of hydrogen-bond acceptors (Lipinski definition) is 7. The van der Waals surface area contributed by atoms with Crippen LogP contribution in [0.15, 0.2) is 158 Å². The van der Waals surface area contributed by atoms with E-state index in [1.54, 1.807) is 12.1 Å². The number of ether oxygens (including phenoxy) is 2. The number of anilines is 2. The van der Waals surface area contributed by atoms with E-state index < -0.39 is 6.29 Å². The lowest BCUT2D eigenvalue weighted by molar-refractivity contribution is -0.253. The number of hydrogen-bond donors (Lipinski definition) is 4. The van der Waals surface area contributed by atoms with Crippen LogP contribution in [-0.4, -0.2) is 34.5 Å². The summed E-state index contributed by atoms with van der Waals surface area (Å²) in [6.45, 7) is 2.63. The van der Waals surface area contributed by atoms with Gasteiger partial charge in [-0.2, -0.15) is 0 Å². The maximum absolute atomic E-state index is 12.8. The van der Waals surface area contributed by atoms with Crippen LogP contribution in [0.1, 0.15) is 71.5 Å². The van der Waals surface area contributed by atoms with Crippen LogP contribution in [0, 0.1) is 0 Å². The summed E-state index contributed by atoms with van der Waals surface area (Å²) in [5, 5.41) is 15.5. The third-order valence-corrected chi connectivity index (χ3v) is 10.6. The molecule has 6 aromatic rings. The maximum Gasteiger partial charge on any atom is 0.224 e. The first-order valence-electron chi connectivity index (χ1n) is 20.3. The predicted molar refractivity (Wildman–Crippen MR) is 232 cm³/mol. The van der Waals surface area contributed by atoms with Crippen molar-refractivity contribution in [3.63, 3.8) is 0 Å². The minimum Gasteiger partial charge on any atom is -0.397 e. The lowest BCUT2D eigenvalue weighted by atomic mass is 9.97. The van der Waals surface area contributed by atoms with E-state index in [4.69, 9.17) is 15.2 Å². The number of nitrogens with two attached hydrogens (primary N) is 1. The molecule has 7 rings (SSSR count). The molecule has 0 aromatic heterocycles. The van der Waals surface area contributed by atoms with Gasteiger partial charge in [-0.1, -0.05) is 146 Å². The van der Waals surface area contributed by atoms with Crippen molar-refractivity contribution in [1.82, 2.24) is 10.2 Å². The molecule has 9 heteroatoms. The molecule has 1 heterocycles. The highest BCUT2D eigenvalue weighted by molar-refractivity contribution is 5.94. The number of aliphatic hydroxyl groups excluding tert-OH is 1. The molecule has 0 spiro atoms. The van der Waals surface area contributed by atoms with Crippen molar-refractivity contribution in [2.45, 2.75) is 70.4 Å². The van der Waals surface area contributed by atoms with Crippen LogP contribution in [-0.2, 0) is 45.3 Å². The van der Waals surface area contributed by atoms with E-state index in [2.05, 4.69) is 94.4 Å². The van der Waals surface area contributed by atoms with Crippen molar-refractivity contribution in [1.29, 1.82) is 0 Å². The number of benzene rings is 6. The third-order valence-electron chi connectivity index (χ3n) is 10.6. The molecule has 302 valence electrons. The normalized spacial score (nSPS) is 16.4. The Labute approximate surface area is 346 Å². The van der Waals surface area contributed by atoms with E-state index in [0.29, 0.717) is 37.3 Å². The second kappa shape index (κ2) is 20.5. The first-order valence-corrected chi connectivity index (χ1v) is 20.3. The summed E-state index contributed by atoms with van der Waals surface area (Å²) in [7, 11) is 0. The zero-order valence-electron chi connectivity index (χ0n) is 33.2. The minimum absolute atomic E-state index is 0.0118. The van der Waals surface area contributed by atoms with Gasteiger partial charge in [0.2, 0.25) is 11.8 Å². The predicted octanol–water partition coefficient (Wildman–Crippen LogP) is 9.10. The molecule has 1 aliphatic heterocycles. The molecule has 0 radical (unpaired) electrons. The lowest BCUT2D eigenvalue weighted by Crippen LogP contribution is -2.39. The van der Waals surface area contributed by atoms with E-state index in [0.717, 1.165) is 46.5 Å². The molecule has 2 amide bonds. The van der Waals surface area contributed by atoms with Crippen LogP contribution < -0.4 is 16.4 Å². The summed E-state index contributed by atoms with van der Waals surface area (Å²) >= 11 is 0. The highest BCUT2D eigenvalue weighted by Crippen LogP contribution is 2.39. The number of para-hydroxylation sites is 2. The molecule has 3 atom stereocenters. The molecular weight excluding hydrogens is 737 g/mol. The molecule has 0 aliphatic carbocycles. The van der Waals surface area contributed by atoms with Gasteiger partial charge in [0.25, 0.3) is 0 Å². The Kier molecular flexibility index (Phi) is 14.3. The topological polar surface area (TPSA) is 126 Å². The highest BCUT2D eigenvalue weighted by Gasteiger charge is 2.33. The summed E-state index contributed by atoms with van der Waals surface area (Å²) in [5.41, 5.74) is 15.3. The Bertz CT molecular complexity index is 2210. The van der Waals surface area contributed by atoms with Gasteiger partial charge in [0.05, 0.1) is 30.2 Å². The number of amides is 2. The number of nitrogens with zero attached hydrogens (tertiary/aromatic N) is 1. The third kappa shape index (κ3) is 11.7. The second-order valence-corrected chi connectivity index (χ2v) is 15.0. The fourth-order valence-electron chi connectivity index (χ4n) is 7.48. The number of aliphatic hydroxyl groups is 1. The summed E-state index contributed by atoms with van der Waals surface area (Å²) in [6, 6.07) is 52.5. The molecular formula is C50H52N4O5. The van der Waals surface area contributed by atoms with E-state index in [9.17, 15) is 14.7 Å². The largest absolute Gasteiger partial charge is 0.397 e. The van der Waals surface area contributed by atoms with Crippen LogP contribution in [0.5, 0.6) is 0 Å². The summed E-state index contributed by atoms with van der Waals surface area (Å²) in [6.07, 6.45) is 0.639.